The predicted molar refractivity (Wildman–Crippen MR) is 136 cm³/mol. The fraction of sp³-hybridized carbons (Fsp3) is 0.250. The molecule has 0 atom stereocenters. The Balaban J connectivity index is 0.00000320. The number of aliphatic imine (C=N–C) groups is 1. The van der Waals surface area contributed by atoms with Gasteiger partial charge in [0.05, 0.1) is 6.54 Å². The Labute approximate surface area is 195 Å². The summed E-state index contributed by atoms with van der Waals surface area (Å²) in [6.45, 7) is 4.21. The molecule has 0 aromatic heterocycles. The van der Waals surface area contributed by atoms with Crippen molar-refractivity contribution in [1.82, 2.24) is 16.0 Å². The number of rotatable bonds is 7. The van der Waals surface area contributed by atoms with Crippen LogP contribution in [0.3, 0.4) is 0 Å². The number of fused-ring (bicyclic) bond motifs is 1. The molecular formula is C24H29IN4O. The lowest BCUT2D eigenvalue weighted by molar-refractivity contribution is 0.0963. The minimum absolute atomic E-state index is 0. The molecule has 0 fully saturated rings. The van der Waals surface area contributed by atoms with E-state index in [0.717, 1.165) is 31.0 Å². The number of carbonyl (C=O) groups excluding carboxylic acids is 1. The first-order chi connectivity index (χ1) is 14.2. The minimum atomic E-state index is -0.0650. The third-order valence-corrected chi connectivity index (χ3v) is 4.75. The lowest BCUT2D eigenvalue weighted by atomic mass is 10.1. The fourth-order valence-electron chi connectivity index (χ4n) is 3.27. The van der Waals surface area contributed by atoms with Gasteiger partial charge in [0.15, 0.2) is 5.96 Å². The monoisotopic (exact) mass is 516 g/mol. The summed E-state index contributed by atoms with van der Waals surface area (Å²) in [5.74, 6) is 0.729. The Bertz CT molecular complexity index is 998. The maximum Gasteiger partial charge on any atom is 0.251 e. The topological polar surface area (TPSA) is 65.5 Å². The number of halogens is 1. The number of benzene rings is 3. The van der Waals surface area contributed by atoms with Crippen LogP contribution in [0.15, 0.2) is 71.7 Å². The first-order valence-corrected chi connectivity index (χ1v) is 10.0. The summed E-state index contributed by atoms with van der Waals surface area (Å²) in [5.41, 5.74) is 3.00. The maximum absolute atomic E-state index is 11.8. The van der Waals surface area contributed by atoms with Gasteiger partial charge in [-0.15, -0.1) is 24.0 Å². The van der Waals surface area contributed by atoms with Gasteiger partial charge in [0, 0.05) is 25.7 Å². The highest BCUT2D eigenvalue weighted by molar-refractivity contribution is 14.0. The molecule has 5 nitrogen and oxygen atoms in total. The van der Waals surface area contributed by atoms with Gasteiger partial charge in [-0.05, 0) is 47.4 Å². The summed E-state index contributed by atoms with van der Waals surface area (Å²) in [7, 11) is 1.64. The van der Waals surface area contributed by atoms with Crippen LogP contribution in [0.1, 0.15) is 28.4 Å². The van der Waals surface area contributed by atoms with Crippen molar-refractivity contribution in [3.8, 4) is 0 Å². The lowest BCUT2D eigenvalue weighted by Crippen LogP contribution is -2.38. The van der Waals surface area contributed by atoms with Gasteiger partial charge in [-0.2, -0.15) is 0 Å². The van der Waals surface area contributed by atoms with Crippen molar-refractivity contribution >= 4 is 46.6 Å². The number of amides is 1. The van der Waals surface area contributed by atoms with E-state index in [4.69, 9.17) is 4.99 Å². The number of nitrogens with zero attached hydrogens (tertiary/aromatic N) is 1. The number of hydrogen-bond acceptors (Lipinski definition) is 2. The second-order valence-corrected chi connectivity index (χ2v) is 6.79. The van der Waals surface area contributed by atoms with Crippen LogP contribution in [-0.4, -0.2) is 32.0 Å². The Kier molecular flexibility index (Phi) is 9.60. The smallest absolute Gasteiger partial charge is 0.251 e. The quantitative estimate of drug-likeness (QED) is 0.252. The van der Waals surface area contributed by atoms with E-state index in [1.54, 1.807) is 7.05 Å². The van der Waals surface area contributed by atoms with Crippen LogP contribution in [0.2, 0.25) is 0 Å². The molecule has 0 saturated heterocycles. The molecule has 0 unspecified atom stereocenters. The van der Waals surface area contributed by atoms with Gasteiger partial charge in [-0.1, -0.05) is 54.6 Å². The largest absolute Gasteiger partial charge is 0.357 e. The molecule has 30 heavy (non-hydrogen) atoms. The molecule has 3 aromatic rings. The van der Waals surface area contributed by atoms with Crippen molar-refractivity contribution in [2.75, 3.05) is 20.1 Å². The summed E-state index contributed by atoms with van der Waals surface area (Å²) in [6.07, 6.45) is 0.809. The van der Waals surface area contributed by atoms with Gasteiger partial charge in [0.25, 0.3) is 5.91 Å². The van der Waals surface area contributed by atoms with Crippen molar-refractivity contribution in [3.05, 3.63) is 83.4 Å². The van der Waals surface area contributed by atoms with E-state index in [1.807, 2.05) is 24.3 Å². The average Bonchev–Trinajstić information content (AvgIpc) is 2.77. The number of carbonyl (C=O) groups is 1. The highest BCUT2D eigenvalue weighted by Gasteiger charge is 2.05. The van der Waals surface area contributed by atoms with E-state index in [2.05, 4.69) is 65.3 Å². The van der Waals surface area contributed by atoms with E-state index in [-0.39, 0.29) is 29.9 Å². The summed E-state index contributed by atoms with van der Waals surface area (Å²) >= 11 is 0. The molecule has 0 aliphatic rings. The van der Waals surface area contributed by atoms with Crippen molar-refractivity contribution in [2.24, 2.45) is 4.99 Å². The van der Waals surface area contributed by atoms with Crippen LogP contribution in [0, 0.1) is 0 Å². The van der Waals surface area contributed by atoms with Crippen LogP contribution in [0.5, 0.6) is 0 Å². The van der Waals surface area contributed by atoms with Gasteiger partial charge < -0.3 is 16.0 Å². The van der Waals surface area contributed by atoms with Crippen LogP contribution in [0.25, 0.3) is 10.8 Å². The highest BCUT2D eigenvalue weighted by Crippen LogP contribution is 2.19. The molecule has 3 aromatic carbocycles. The molecule has 3 rings (SSSR count). The molecule has 1 amide bonds. The molecule has 0 radical (unpaired) electrons. The van der Waals surface area contributed by atoms with E-state index in [0.29, 0.717) is 12.1 Å². The number of nitrogens with one attached hydrogen (secondary N) is 3. The standard InChI is InChI=1S/C24H28N4O.HI/c1-3-26-24(27-15-14-18-8-6-11-20(16-18)23(29)25-2)28-17-21-12-7-10-19-9-4-5-13-22(19)21;/h4-13,16H,3,14-15,17H2,1-2H3,(H,25,29)(H2,26,27,28);1H. The average molecular weight is 516 g/mol. The molecule has 0 aliphatic heterocycles. The van der Waals surface area contributed by atoms with Gasteiger partial charge >= 0.3 is 0 Å². The first kappa shape index (κ1) is 23.7. The fourth-order valence-corrected chi connectivity index (χ4v) is 3.27. The van der Waals surface area contributed by atoms with Crippen LogP contribution in [-0.2, 0) is 13.0 Å². The Morgan fingerprint density at radius 1 is 0.967 bits per heavy atom. The molecule has 0 heterocycles. The predicted octanol–water partition coefficient (Wildman–Crippen LogP) is 4.12. The van der Waals surface area contributed by atoms with Crippen molar-refractivity contribution in [1.29, 1.82) is 0 Å². The van der Waals surface area contributed by atoms with Gasteiger partial charge in [0.2, 0.25) is 0 Å². The van der Waals surface area contributed by atoms with Gasteiger partial charge in [-0.3, -0.25) is 4.79 Å². The van der Waals surface area contributed by atoms with E-state index >= 15 is 0 Å². The first-order valence-electron chi connectivity index (χ1n) is 10.0. The second-order valence-electron chi connectivity index (χ2n) is 6.79. The maximum atomic E-state index is 11.8. The van der Waals surface area contributed by atoms with Crippen molar-refractivity contribution in [2.45, 2.75) is 19.9 Å². The van der Waals surface area contributed by atoms with E-state index < -0.39 is 0 Å². The molecule has 3 N–H and O–H groups in total. The molecular weight excluding hydrogens is 487 g/mol. The Hall–Kier alpha value is -2.61. The van der Waals surface area contributed by atoms with Crippen LogP contribution < -0.4 is 16.0 Å². The zero-order valence-corrected chi connectivity index (χ0v) is 19.8. The zero-order chi connectivity index (χ0) is 20.5. The molecule has 0 bridgehead atoms. The lowest BCUT2D eigenvalue weighted by Gasteiger charge is -2.12. The van der Waals surface area contributed by atoms with E-state index in [1.165, 1.54) is 16.3 Å². The minimum Gasteiger partial charge on any atom is -0.357 e. The SMILES string of the molecule is CCNC(=NCc1cccc2ccccc12)NCCc1cccc(C(=O)NC)c1.I. The van der Waals surface area contributed by atoms with Gasteiger partial charge in [-0.25, -0.2) is 4.99 Å². The third-order valence-electron chi connectivity index (χ3n) is 4.75. The summed E-state index contributed by atoms with van der Waals surface area (Å²) < 4.78 is 0. The van der Waals surface area contributed by atoms with Crippen molar-refractivity contribution < 1.29 is 4.79 Å². The summed E-state index contributed by atoms with van der Waals surface area (Å²) in [6, 6.07) is 22.4. The van der Waals surface area contributed by atoms with Gasteiger partial charge in [0.1, 0.15) is 0 Å². The Morgan fingerprint density at radius 2 is 1.73 bits per heavy atom. The highest BCUT2D eigenvalue weighted by atomic mass is 127. The van der Waals surface area contributed by atoms with Crippen LogP contribution in [0.4, 0.5) is 0 Å². The molecule has 158 valence electrons. The Morgan fingerprint density at radius 3 is 2.53 bits per heavy atom. The third kappa shape index (κ3) is 6.45. The van der Waals surface area contributed by atoms with Crippen LogP contribution >= 0.6 is 24.0 Å². The normalized spacial score (nSPS) is 10.9. The summed E-state index contributed by atoms with van der Waals surface area (Å²) in [4.78, 5) is 16.5. The number of guanidine groups is 1. The molecule has 6 heteroatoms. The number of hydrogen-bond donors (Lipinski definition) is 3. The molecule has 0 saturated carbocycles. The molecule has 0 aliphatic carbocycles. The van der Waals surface area contributed by atoms with Crippen molar-refractivity contribution in [3.63, 3.8) is 0 Å². The second kappa shape index (κ2) is 12.2. The summed E-state index contributed by atoms with van der Waals surface area (Å²) in [5, 5.41) is 11.8. The van der Waals surface area contributed by atoms with E-state index in [9.17, 15) is 4.79 Å². The zero-order valence-electron chi connectivity index (χ0n) is 17.4. The molecule has 0 spiro atoms.